The summed E-state index contributed by atoms with van der Waals surface area (Å²) in [5, 5.41) is 3.60. The van der Waals surface area contributed by atoms with Crippen molar-refractivity contribution < 1.29 is 4.42 Å². The summed E-state index contributed by atoms with van der Waals surface area (Å²) in [4.78, 5) is 2.32. The molecule has 3 nitrogen and oxygen atoms in total. The maximum Gasteiger partial charge on any atom is 0.0947 e. The summed E-state index contributed by atoms with van der Waals surface area (Å²) in [6, 6.07) is 11.5. The Hall–Kier alpha value is -1.58. The quantitative estimate of drug-likeness (QED) is 0.837. The lowest BCUT2D eigenvalue weighted by Crippen LogP contribution is -2.20. The first-order valence-corrected chi connectivity index (χ1v) is 7.31. The van der Waals surface area contributed by atoms with Gasteiger partial charge in [-0.1, -0.05) is 24.3 Å². The summed E-state index contributed by atoms with van der Waals surface area (Å²) in [6.07, 6.45) is 6.22. The van der Waals surface area contributed by atoms with Gasteiger partial charge < -0.3 is 9.73 Å². The Labute approximate surface area is 120 Å². The lowest BCUT2D eigenvalue weighted by atomic mass is 10.1. The van der Waals surface area contributed by atoms with Gasteiger partial charge in [-0.05, 0) is 37.1 Å². The zero-order valence-corrected chi connectivity index (χ0v) is 12.0. The van der Waals surface area contributed by atoms with Crippen LogP contribution < -0.4 is 5.32 Å². The van der Waals surface area contributed by atoms with Gasteiger partial charge in [0.2, 0.25) is 0 Å². The highest BCUT2D eigenvalue weighted by Gasteiger charge is 2.20. The molecular weight excluding hydrogens is 248 g/mol. The van der Waals surface area contributed by atoms with Crippen LogP contribution in [0.2, 0.25) is 0 Å². The molecule has 1 heterocycles. The van der Waals surface area contributed by atoms with Crippen molar-refractivity contribution >= 4 is 0 Å². The highest BCUT2D eigenvalue weighted by Crippen LogP contribution is 2.20. The molecule has 0 aliphatic heterocycles. The van der Waals surface area contributed by atoms with Crippen LogP contribution >= 0.6 is 0 Å². The van der Waals surface area contributed by atoms with Crippen LogP contribution in [-0.2, 0) is 19.6 Å². The molecule has 0 saturated heterocycles. The van der Waals surface area contributed by atoms with Gasteiger partial charge in [-0.3, -0.25) is 4.90 Å². The molecule has 0 atom stereocenters. The van der Waals surface area contributed by atoms with Crippen molar-refractivity contribution in [1.82, 2.24) is 10.2 Å². The van der Waals surface area contributed by atoms with Crippen molar-refractivity contribution in [3.8, 4) is 0 Å². The molecule has 0 amide bonds. The second-order valence-electron chi connectivity index (χ2n) is 5.73. The second kappa shape index (κ2) is 6.25. The Kier molecular flexibility index (Phi) is 4.19. The first-order chi connectivity index (χ1) is 9.81. The lowest BCUT2D eigenvalue weighted by Gasteiger charge is -2.18. The van der Waals surface area contributed by atoms with E-state index in [-0.39, 0.29) is 0 Å². The van der Waals surface area contributed by atoms with E-state index in [4.69, 9.17) is 4.42 Å². The summed E-state index contributed by atoms with van der Waals surface area (Å²) in [7, 11) is 2.15. The molecule has 1 saturated carbocycles. The summed E-state index contributed by atoms with van der Waals surface area (Å²) in [5.74, 6) is 0. The molecule has 1 N–H and O–H groups in total. The monoisotopic (exact) mass is 270 g/mol. The molecule has 1 aromatic carbocycles. The summed E-state index contributed by atoms with van der Waals surface area (Å²) >= 11 is 0. The van der Waals surface area contributed by atoms with E-state index in [0.717, 1.165) is 25.7 Å². The second-order valence-corrected chi connectivity index (χ2v) is 5.73. The van der Waals surface area contributed by atoms with E-state index in [1.807, 2.05) is 12.3 Å². The summed E-state index contributed by atoms with van der Waals surface area (Å²) < 4.78 is 5.12. The number of rotatable bonds is 7. The van der Waals surface area contributed by atoms with Crippen molar-refractivity contribution in [1.29, 1.82) is 0 Å². The van der Waals surface area contributed by atoms with E-state index in [1.54, 1.807) is 6.26 Å². The number of furan rings is 1. The van der Waals surface area contributed by atoms with Crippen molar-refractivity contribution in [3.05, 3.63) is 59.5 Å². The average Bonchev–Trinajstić information content (AvgIpc) is 3.14. The van der Waals surface area contributed by atoms with Crippen LogP contribution in [0.5, 0.6) is 0 Å². The normalized spacial score (nSPS) is 14.9. The Bertz CT molecular complexity index is 532. The lowest BCUT2D eigenvalue weighted by molar-refractivity contribution is 0.316. The van der Waals surface area contributed by atoms with Gasteiger partial charge in [-0.15, -0.1) is 0 Å². The topological polar surface area (TPSA) is 28.4 Å². The van der Waals surface area contributed by atoms with Gasteiger partial charge in [0.25, 0.3) is 0 Å². The van der Waals surface area contributed by atoms with Gasteiger partial charge in [-0.25, -0.2) is 0 Å². The van der Waals surface area contributed by atoms with Gasteiger partial charge in [0.05, 0.1) is 12.5 Å². The number of hydrogen-bond donors (Lipinski definition) is 1. The highest BCUT2D eigenvalue weighted by molar-refractivity contribution is 5.27. The van der Waals surface area contributed by atoms with E-state index < -0.39 is 0 Å². The fourth-order valence-corrected chi connectivity index (χ4v) is 2.47. The minimum Gasteiger partial charge on any atom is -0.472 e. The van der Waals surface area contributed by atoms with E-state index in [9.17, 15) is 0 Å². The third-order valence-electron chi connectivity index (χ3n) is 3.75. The molecule has 106 valence electrons. The van der Waals surface area contributed by atoms with Crippen LogP contribution in [0.15, 0.2) is 47.3 Å². The number of nitrogens with zero attached hydrogens (tertiary/aromatic N) is 1. The molecule has 0 unspecified atom stereocenters. The minimum absolute atomic E-state index is 0.756. The number of hydrogen-bond acceptors (Lipinski definition) is 3. The average molecular weight is 270 g/mol. The van der Waals surface area contributed by atoms with Gasteiger partial charge >= 0.3 is 0 Å². The zero-order valence-electron chi connectivity index (χ0n) is 12.0. The van der Waals surface area contributed by atoms with Crippen LogP contribution in [0, 0.1) is 0 Å². The van der Waals surface area contributed by atoms with E-state index in [1.165, 1.54) is 29.5 Å². The van der Waals surface area contributed by atoms with Gasteiger partial charge in [0, 0.05) is 31.2 Å². The molecule has 0 radical (unpaired) electrons. The van der Waals surface area contributed by atoms with Crippen LogP contribution in [-0.4, -0.2) is 18.0 Å². The third-order valence-corrected chi connectivity index (χ3v) is 3.75. The molecule has 1 aliphatic carbocycles. The number of benzene rings is 1. The molecule has 3 rings (SSSR count). The fraction of sp³-hybridized carbons (Fsp3) is 0.412. The maximum atomic E-state index is 5.12. The fourth-order valence-electron chi connectivity index (χ4n) is 2.47. The molecule has 1 fully saturated rings. The smallest absolute Gasteiger partial charge is 0.0947 e. The van der Waals surface area contributed by atoms with Crippen molar-refractivity contribution in [2.45, 2.75) is 38.5 Å². The largest absolute Gasteiger partial charge is 0.472 e. The van der Waals surface area contributed by atoms with Crippen molar-refractivity contribution in [2.75, 3.05) is 7.05 Å². The van der Waals surface area contributed by atoms with Crippen LogP contribution in [0.4, 0.5) is 0 Å². The zero-order chi connectivity index (χ0) is 13.8. The molecule has 3 heteroatoms. The summed E-state index contributed by atoms with van der Waals surface area (Å²) in [6.45, 7) is 2.87. The van der Waals surface area contributed by atoms with E-state index >= 15 is 0 Å². The SMILES string of the molecule is CN(Cc1ccoc1)Cc1ccccc1CNC1CC1. The standard InChI is InChI=1S/C17H22N2O/c1-19(11-14-8-9-20-13-14)12-16-5-3-2-4-15(16)10-18-17-6-7-17/h2-5,8-9,13,17-18H,6-7,10-12H2,1H3. The van der Waals surface area contributed by atoms with Crippen LogP contribution in [0.3, 0.4) is 0 Å². The predicted octanol–water partition coefficient (Wildman–Crippen LogP) is 3.16. The molecule has 0 spiro atoms. The minimum atomic E-state index is 0.756. The van der Waals surface area contributed by atoms with Gasteiger partial charge in [0.15, 0.2) is 0 Å². The van der Waals surface area contributed by atoms with Crippen LogP contribution in [0.1, 0.15) is 29.5 Å². The Morgan fingerprint density at radius 2 is 1.95 bits per heavy atom. The Morgan fingerprint density at radius 1 is 1.15 bits per heavy atom. The van der Waals surface area contributed by atoms with Crippen LogP contribution in [0.25, 0.3) is 0 Å². The molecule has 2 aromatic rings. The first kappa shape index (κ1) is 13.4. The Morgan fingerprint density at radius 3 is 2.65 bits per heavy atom. The maximum absolute atomic E-state index is 5.12. The molecule has 0 bridgehead atoms. The number of nitrogens with one attached hydrogen (secondary N) is 1. The molecule has 1 aromatic heterocycles. The van der Waals surface area contributed by atoms with Crippen molar-refractivity contribution in [3.63, 3.8) is 0 Å². The summed E-state index contributed by atoms with van der Waals surface area (Å²) in [5.41, 5.74) is 4.05. The first-order valence-electron chi connectivity index (χ1n) is 7.31. The van der Waals surface area contributed by atoms with Gasteiger partial charge in [0.1, 0.15) is 0 Å². The Balaban J connectivity index is 1.60. The highest BCUT2D eigenvalue weighted by atomic mass is 16.3. The van der Waals surface area contributed by atoms with Gasteiger partial charge in [-0.2, -0.15) is 0 Å². The van der Waals surface area contributed by atoms with E-state index in [0.29, 0.717) is 0 Å². The molecular formula is C17H22N2O. The van der Waals surface area contributed by atoms with Crippen molar-refractivity contribution in [2.24, 2.45) is 0 Å². The molecule has 20 heavy (non-hydrogen) atoms. The third kappa shape index (κ3) is 3.71. The molecule has 1 aliphatic rings. The predicted molar refractivity (Wildman–Crippen MR) is 80.2 cm³/mol. The van der Waals surface area contributed by atoms with E-state index in [2.05, 4.69) is 41.5 Å².